The summed E-state index contributed by atoms with van der Waals surface area (Å²) in [4.78, 5) is 49.2. The van der Waals surface area contributed by atoms with Crippen molar-refractivity contribution < 1.29 is 33.3 Å². The molecule has 0 saturated heterocycles. The van der Waals surface area contributed by atoms with E-state index in [1.54, 1.807) is 60.8 Å². The molecule has 0 radical (unpaired) electrons. The van der Waals surface area contributed by atoms with Gasteiger partial charge in [-0.25, -0.2) is 4.79 Å². The molecular formula is C33H45N5O7. The molecule has 2 aromatic carbocycles. The van der Waals surface area contributed by atoms with Crippen LogP contribution in [-0.2, 0) is 25.6 Å². The van der Waals surface area contributed by atoms with Gasteiger partial charge in [-0.3, -0.25) is 9.59 Å². The Hall–Kier alpha value is -4.45. The van der Waals surface area contributed by atoms with E-state index in [9.17, 15) is 14.4 Å². The van der Waals surface area contributed by atoms with Crippen LogP contribution in [0.15, 0.2) is 42.5 Å². The molecule has 1 heterocycles. The van der Waals surface area contributed by atoms with Crippen molar-refractivity contribution in [3.8, 4) is 11.9 Å². The second kappa shape index (κ2) is 15.0. The zero-order chi connectivity index (χ0) is 33.4. The first kappa shape index (κ1) is 35.0. The molecule has 0 spiro atoms. The number of nitrogens with two attached hydrogens (primary N) is 1. The largest absolute Gasteiger partial charge is 0.480 e. The van der Waals surface area contributed by atoms with Crippen LogP contribution in [0.3, 0.4) is 0 Å². The number of methoxy groups -OCH3 is 2. The van der Waals surface area contributed by atoms with Gasteiger partial charge in [0, 0.05) is 37.3 Å². The molecule has 0 saturated carbocycles. The molecule has 0 aliphatic heterocycles. The Kier molecular flexibility index (Phi) is 11.7. The number of esters is 2. The molecule has 45 heavy (non-hydrogen) atoms. The van der Waals surface area contributed by atoms with Gasteiger partial charge in [-0.15, -0.1) is 0 Å². The molecule has 12 heteroatoms. The molecule has 244 valence electrons. The van der Waals surface area contributed by atoms with Crippen LogP contribution in [0, 0.1) is 0 Å². The maximum Gasteiger partial charge on any atom is 0.329 e. The molecule has 1 atom stereocenters. The van der Waals surface area contributed by atoms with Gasteiger partial charge in [0.05, 0.1) is 25.1 Å². The normalized spacial score (nSPS) is 12.3. The van der Waals surface area contributed by atoms with Gasteiger partial charge >= 0.3 is 17.9 Å². The predicted octanol–water partition coefficient (Wildman–Crippen LogP) is 4.17. The van der Waals surface area contributed by atoms with Crippen molar-refractivity contribution >= 4 is 34.4 Å². The number of carbonyl (C=O) groups excluding carboxylic acids is 3. The zero-order valence-electron chi connectivity index (χ0n) is 27.4. The van der Waals surface area contributed by atoms with Gasteiger partial charge in [0.2, 0.25) is 5.88 Å². The lowest BCUT2D eigenvalue weighted by atomic mass is 10.1. The topological polar surface area (TPSA) is 155 Å². The average molecular weight is 624 g/mol. The first-order valence-electron chi connectivity index (χ1n) is 14.8. The Morgan fingerprint density at radius 3 is 2.16 bits per heavy atom. The van der Waals surface area contributed by atoms with Gasteiger partial charge in [-0.05, 0) is 89.9 Å². The molecule has 0 aliphatic rings. The maximum absolute atomic E-state index is 13.2. The third-order valence-electron chi connectivity index (χ3n) is 6.40. The van der Waals surface area contributed by atoms with Gasteiger partial charge in [0.25, 0.3) is 5.91 Å². The number of aromatic nitrogens is 2. The quantitative estimate of drug-likeness (QED) is 0.264. The standard InChI is InChI=1S/C33H45N5O7/c1-32(2,3)44-27(39)16-15-26(30(41)45-33(4,5)6)35-28(40)22-10-12-23(13-11-22)38(18-17-34)20-21-9-14-25-24(19-21)29(42-7)37-31(36-25)43-8/h9-14,19,26H,15-18,20,34H2,1-8H3,(H,35,40)/t26-/m0/s1. The molecular weight excluding hydrogens is 578 g/mol. The molecule has 12 nitrogen and oxygen atoms in total. The minimum atomic E-state index is -1.04. The first-order chi connectivity index (χ1) is 21.1. The van der Waals surface area contributed by atoms with Crippen molar-refractivity contribution in [3.05, 3.63) is 53.6 Å². The van der Waals surface area contributed by atoms with Crippen molar-refractivity contribution in [3.63, 3.8) is 0 Å². The van der Waals surface area contributed by atoms with Crippen molar-refractivity contribution in [2.75, 3.05) is 32.2 Å². The maximum atomic E-state index is 13.2. The number of carbonyl (C=O) groups is 3. The molecule has 0 bridgehead atoms. The summed E-state index contributed by atoms with van der Waals surface area (Å²) in [5, 5.41) is 3.49. The Labute approximate surface area is 264 Å². The minimum absolute atomic E-state index is 0.0340. The van der Waals surface area contributed by atoms with Crippen molar-refractivity contribution in [2.45, 2.75) is 78.2 Å². The van der Waals surface area contributed by atoms with Crippen LogP contribution in [0.4, 0.5) is 5.69 Å². The van der Waals surface area contributed by atoms with E-state index in [1.807, 2.05) is 30.3 Å². The molecule has 3 N–H and O–H groups in total. The second-order valence-electron chi connectivity index (χ2n) is 12.5. The molecule has 1 amide bonds. The third-order valence-corrected chi connectivity index (χ3v) is 6.40. The summed E-state index contributed by atoms with van der Waals surface area (Å²) < 4.78 is 21.5. The zero-order valence-corrected chi connectivity index (χ0v) is 27.4. The molecule has 0 fully saturated rings. The van der Waals surface area contributed by atoms with Gasteiger partial charge in [-0.2, -0.15) is 9.97 Å². The molecule has 0 aliphatic carbocycles. The van der Waals surface area contributed by atoms with E-state index in [2.05, 4.69) is 20.2 Å². The average Bonchev–Trinajstić information content (AvgIpc) is 2.96. The number of rotatable bonds is 13. The minimum Gasteiger partial charge on any atom is -0.480 e. The number of anilines is 1. The smallest absolute Gasteiger partial charge is 0.329 e. The third kappa shape index (κ3) is 10.6. The number of nitrogens with one attached hydrogen (secondary N) is 1. The van der Waals surface area contributed by atoms with Gasteiger partial charge in [-0.1, -0.05) is 6.07 Å². The number of amides is 1. The van der Waals surface area contributed by atoms with Crippen LogP contribution in [0.5, 0.6) is 11.9 Å². The van der Waals surface area contributed by atoms with Crippen LogP contribution in [0.2, 0.25) is 0 Å². The van der Waals surface area contributed by atoms with E-state index >= 15 is 0 Å². The van der Waals surface area contributed by atoms with Crippen LogP contribution in [0.1, 0.15) is 70.3 Å². The summed E-state index contributed by atoms with van der Waals surface area (Å²) in [6.07, 6.45) is -0.0267. The Balaban J connectivity index is 1.76. The Morgan fingerprint density at radius 1 is 0.911 bits per heavy atom. The summed E-state index contributed by atoms with van der Waals surface area (Å²) in [5.41, 5.74) is 7.38. The fraction of sp³-hybridized carbons (Fsp3) is 0.485. The summed E-state index contributed by atoms with van der Waals surface area (Å²) in [6.45, 7) is 12.0. The summed E-state index contributed by atoms with van der Waals surface area (Å²) in [6, 6.07) is 12.0. The first-order valence-corrected chi connectivity index (χ1v) is 14.8. The van der Waals surface area contributed by atoms with Gasteiger partial charge < -0.3 is 34.9 Å². The van der Waals surface area contributed by atoms with E-state index in [1.165, 1.54) is 7.11 Å². The number of ether oxygens (including phenoxy) is 4. The van der Waals surface area contributed by atoms with Crippen molar-refractivity contribution in [1.29, 1.82) is 0 Å². The predicted molar refractivity (Wildman–Crippen MR) is 171 cm³/mol. The van der Waals surface area contributed by atoms with Crippen LogP contribution < -0.4 is 25.4 Å². The van der Waals surface area contributed by atoms with E-state index in [4.69, 9.17) is 24.7 Å². The Bertz CT molecular complexity index is 1480. The summed E-state index contributed by atoms with van der Waals surface area (Å²) in [7, 11) is 3.05. The van der Waals surface area contributed by atoms with E-state index < -0.39 is 35.1 Å². The highest BCUT2D eigenvalue weighted by molar-refractivity contribution is 5.97. The summed E-state index contributed by atoms with van der Waals surface area (Å²) >= 11 is 0. The number of hydrogen-bond donors (Lipinski definition) is 2. The lowest BCUT2D eigenvalue weighted by Crippen LogP contribution is -2.44. The lowest BCUT2D eigenvalue weighted by Gasteiger charge is -2.26. The second-order valence-corrected chi connectivity index (χ2v) is 12.5. The summed E-state index contributed by atoms with van der Waals surface area (Å²) in [5.74, 6) is -1.15. The SMILES string of the molecule is COc1nc(OC)c2cc(CN(CCN)c3ccc(C(=O)N[C@@H](CCC(=O)OC(C)(C)C)C(=O)OC(C)(C)C)cc3)ccc2n1. The molecule has 3 aromatic rings. The lowest BCUT2D eigenvalue weighted by molar-refractivity contribution is -0.158. The number of nitrogens with zero attached hydrogens (tertiary/aromatic N) is 3. The molecule has 1 aromatic heterocycles. The van der Waals surface area contributed by atoms with Crippen LogP contribution in [0.25, 0.3) is 10.9 Å². The Morgan fingerprint density at radius 2 is 1.58 bits per heavy atom. The van der Waals surface area contributed by atoms with Gasteiger partial charge in [0.1, 0.15) is 17.2 Å². The molecule has 3 rings (SSSR count). The fourth-order valence-electron chi connectivity index (χ4n) is 4.49. The molecule has 0 unspecified atom stereocenters. The van der Waals surface area contributed by atoms with E-state index in [0.717, 1.165) is 16.6 Å². The van der Waals surface area contributed by atoms with Crippen molar-refractivity contribution in [2.24, 2.45) is 5.73 Å². The van der Waals surface area contributed by atoms with Crippen LogP contribution >= 0.6 is 0 Å². The monoisotopic (exact) mass is 623 g/mol. The van der Waals surface area contributed by atoms with Gasteiger partial charge in [0.15, 0.2) is 0 Å². The number of fused-ring (bicyclic) bond motifs is 1. The highest BCUT2D eigenvalue weighted by Crippen LogP contribution is 2.27. The highest BCUT2D eigenvalue weighted by atomic mass is 16.6. The van der Waals surface area contributed by atoms with Crippen LogP contribution in [-0.4, -0.2) is 72.4 Å². The van der Waals surface area contributed by atoms with E-state index in [0.29, 0.717) is 36.6 Å². The van der Waals surface area contributed by atoms with E-state index in [-0.39, 0.29) is 18.9 Å². The number of hydrogen-bond acceptors (Lipinski definition) is 11. The number of benzene rings is 2. The highest BCUT2D eigenvalue weighted by Gasteiger charge is 2.28. The fourth-order valence-corrected chi connectivity index (χ4v) is 4.49. The van der Waals surface area contributed by atoms with Crippen molar-refractivity contribution in [1.82, 2.24) is 15.3 Å².